The SMILES string of the molecule is CC(C)C(CO)NC(=O)c1cccc(C(F)(F)F)c1. The summed E-state index contributed by atoms with van der Waals surface area (Å²) in [6.07, 6.45) is -4.48. The third-order valence-corrected chi connectivity index (χ3v) is 2.77. The summed E-state index contributed by atoms with van der Waals surface area (Å²) >= 11 is 0. The maximum absolute atomic E-state index is 12.5. The Balaban J connectivity index is 2.89. The van der Waals surface area contributed by atoms with Gasteiger partial charge in [-0.25, -0.2) is 0 Å². The number of amides is 1. The first kappa shape index (κ1) is 15.5. The largest absolute Gasteiger partial charge is 0.416 e. The lowest BCUT2D eigenvalue weighted by atomic mass is 10.0. The van der Waals surface area contributed by atoms with Crippen molar-refractivity contribution in [3.63, 3.8) is 0 Å². The molecule has 106 valence electrons. The molecule has 1 rings (SSSR count). The predicted octanol–water partition coefficient (Wildman–Crippen LogP) is 2.45. The number of hydrogen-bond acceptors (Lipinski definition) is 2. The second kappa shape index (κ2) is 6.06. The van der Waals surface area contributed by atoms with E-state index in [0.717, 1.165) is 12.1 Å². The number of nitrogens with one attached hydrogen (secondary N) is 1. The fourth-order valence-corrected chi connectivity index (χ4v) is 1.51. The maximum Gasteiger partial charge on any atom is 0.416 e. The van der Waals surface area contributed by atoms with Crippen LogP contribution in [0.25, 0.3) is 0 Å². The van der Waals surface area contributed by atoms with Crippen LogP contribution < -0.4 is 5.32 Å². The van der Waals surface area contributed by atoms with E-state index in [-0.39, 0.29) is 18.1 Å². The third kappa shape index (κ3) is 4.24. The Morgan fingerprint density at radius 1 is 1.37 bits per heavy atom. The molecule has 3 nitrogen and oxygen atoms in total. The molecule has 0 spiro atoms. The normalized spacial score (nSPS) is 13.4. The van der Waals surface area contributed by atoms with Crippen LogP contribution in [0.1, 0.15) is 29.8 Å². The van der Waals surface area contributed by atoms with Gasteiger partial charge in [-0.05, 0) is 24.1 Å². The minimum absolute atomic E-state index is 0.0141. The molecule has 0 heterocycles. The summed E-state index contributed by atoms with van der Waals surface area (Å²) in [5.41, 5.74) is -0.945. The molecule has 1 atom stereocenters. The van der Waals surface area contributed by atoms with Crippen LogP contribution in [0.3, 0.4) is 0 Å². The van der Waals surface area contributed by atoms with Crippen molar-refractivity contribution >= 4 is 5.91 Å². The number of aliphatic hydroxyl groups is 1. The minimum Gasteiger partial charge on any atom is -0.394 e. The average molecular weight is 275 g/mol. The first-order valence-electron chi connectivity index (χ1n) is 5.84. The maximum atomic E-state index is 12.5. The van der Waals surface area contributed by atoms with Crippen LogP contribution in [0, 0.1) is 5.92 Å². The Kier molecular flexibility index (Phi) is 4.94. The number of alkyl halides is 3. The number of hydrogen-bond donors (Lipinski definition) is 2. The van der Waals surface area contributed by atoms with Crippen molar-refractivity contribution in [1.29, 1.82) is 0 Å². The van der Waals surface area contributed by atoms with Crippen LogP contribution in [0.2, 0.25) is 0 Å². The monoisotopic (exact) mass is 275 g/mol. The number of benzene rings is 1. The molecule has 1 aromatic rings. The van der Waals surface area contributed by atoms with Gasteiger partial charge in [0.25, 0.3) is 5.91 Å². The number of aliphatic hydroxyl groups excluding tert-OH is 1. The summed E-state index contributed by atoms with van der Waals surface area (Å²) in [7, 11) is 0. The molecule has 0 aliphatic rings. The number of rotatable bonds is 4. The molecule has 0 aromatic heterocycles. The highest BCUT2D eigenvalue weighted by atomic mass is 19.4. The van der Waals surface area contributed by atoms with Crippen molar-refractivity contribution in [3.05, 3.63) is 35.4 Å². The lowest BCUT2D eigenvalue weighted by molar-refractivity contribution is -0.137. The second-order valence-electron chi connectivity index (χ2n) is 4.59. The van der Waals surface area contributed by atoms with Crippen LogP contribution in [-0.2, 0) is 6.18 Å². The van der Waals surface area contributed by atoms with Gasteiger partial charge in [-0.1, -0.05) is 19.9 Å². The van der Waals surface area contributed by atoms with Gasteiger partial charge >= 0.3 is 6.18 Å². The van der Waals surface area contributed by atoms with Crippen molar-refractivity contribution in [1.82, 2.24) is 5.32 Å². The highest BCUT2D eigenvalue weighted by molar-refractivity contribution is 5.94. The van der Waals surface area contributed by atoms with Gasteiger partial charge in [-0.2, -0.15) is 13.2 Å². The quantitative estimate of drug-likeness (QED) is 0.886. The Labute approximate surface area is 109 Å². The summed E-state index contributed by atoms with van der Waals surface area (Å²) in [6.45, 7) is 3.34. The number of halogens is 3. The van der Waals surface area contributed by atoms with Crippen LogP contribution in [0.4, 0.5) is 13.2 Å². The molecule has 1 aromatic carbocycles. The van der Waals surface area contributed by atoms with Crippen molar-refractivity contribution in [2.45, 2.75) is 26.1 Å². The lowest BCUT2D eigenvalue weighted by Crippen LogP contribution is -2.41. The molecule has 0 saturated carbocycles. The number of carbonyl (C=O) groups excluding carboxylic acids is 1. The molecule has 0 bridgehead atoms. The van der Waals surface area contributed by atoms with Gasteiger partial charge in [0.1, 0.15) is 0 Å². The Hall–Kier alpha value is -1.56. The zero-order valence-electron chi connectivity index (χ0n) is 10.7. The molecule has 0 fully saturated rings. The molecule has 1 unspecified atom stereocenters. The smallest absolute Gasteiger partial charge is 0.394 e. The third-order valence-electron chi connectivity index (χ3n) is 2.77. The summed E-state index contributed by atoms with van der Waals surface area (Å²) in [6, 6.07) is 3.70. The zero-order valence-corrected chi connectivity index (χ0v) is 10.7. The van der Waals surface area contributed by atoms with Crippen molar-refractivity contribution < 1.29 is 23.1 Å². The Morgan fingerprint density at radius 2 is 2.00 bits per heavy atom. The average Bonchev–Trinajstić information content (AvgIpc) is 2.34. The van der Waals surface area contributed by atoms with Crippen molar-refractivity contribution in [2.24, 2.45) is 5.92 Å². The summed E-state index contributed by atoms with van der Waals surface area (Å²) in [4.78, 5) is 11.8. The second-order valence-corrected chi connectivity index (χ2v) is 4.59. The van der Waals surface area contributed by atoms with Gasteiger partial charge in [-0.3, -0.25) is 4.79 Å². The Morgan fingerprint density at radius 3 is 2.47 bits per heavy atom. The van der Waals surface area contributed by atoms with E-state index in [2.05, 4.69) is 5.32 Å². The van der Waals surface area contributed by atoms with E-state index >= 15 is 0 Å². The fourth-order valence-electron chi connectivity index (χ4n) is 1.51. The summed E-state index contributed by atoms with van der Waals surface area (Å²) in [5.74, 6) is -0.640. The molecular formula is C13H16F3NO2. The molecule has 0 aliphatic heterocycles. The minimum atomic E-state index is -4.48. The summed E-state index contributed by atoms with van der Waals surface area (Å²) in [5, 5.41) is 11.6. The highest BCUT2D eigenvalue weighted by Gasteiger charge is 2.31. The van der Waals surface area contributed by atoms with Gasteiger partial charge in [0.05, 0.1) is 18.2 Å². The van der Waals surface area contributed by atoms with Crippen LogP contribution >= 0.6 is 0 Å². The molecule has 2 N–H and O–H groups in total. The molecule has 6 heteroatoms. The van der Waals surface area contributed by atoms with Gasteiger partial charge in [0.15, 0.2) is 0 Å². The van der Waals surface area contributed by atoms with Gasteiger partial charge in [0, 0.05) is 5.56 Å². The standard InChI is InChI=1S/C13H16F3NO2/c1-8(2)11(7-18)17-12(19)9-4-3-5-10(6-9)13(14,15)16/h3-6,8,11,18H,7H2,1-2H3,(H,17,19). The van der Waals surface area contributed by atoms with Gasteiger partial charge in [-0.15, -0.1) is 0 Å². The van der Waals surface area contributed by atoms with Crippen LogP contribution in [0.15, 0.2) is 24.3 Å². The highest BCUT2D eigenvalue weighted by Crippen LogP contribution is 2.29. The van der Waals surface area contributed by atoms with Crippen LogP contribution in [0.5, 0.6) is 0 Å². The Bertz CT molecular complexity index is 444. The van der Waals surface area contributed by atoms with Gasteiger partial charge < -0.3 is 10.4 Å². The van der Waals surface area contributed by atoms with E-state index in [4.69, 9.17) is 5.11 Å². The molecule has 0 saturated heterocycles. The van der Waals surface area contributed by atoms with Crippen molar-refractivity contribution in [3.8, 4) is 0 Å². The van der Waals surface area contributed by atoms with E-state index in [0.29, 0.717) is 0 Å². The predicted molar refractivity (Wildman–Crippen MR) is 64.6 cm³/mol. The molecular weight excluding hydrogens is 259 g/mol. The number of carbonyl (C=O) groups is 1. The van der Waals surface area contributed by atoms with Gasteiger partial charge in [0.2, 0.25) is 0 Å². The molecule has 1 amide bonds. The van der Waals surface area contributed by atoms with E-state index in [1.807, 2.05) is 0 Å². The fraction of sp³-hybridized carbons (Fsp3) is 0.462. The topological polar surface area (TPSA) is 49.3 Å². The van der Waals surface area contributed by atoms with E-state index in [1.165, 1.54) is 12.1 Å². The van der Waals surface area contributed by atoms with Crippen LogP contribution in [-0.4, -0.2) is 23.7 Å². The first-order valence-corrected chi connectivity index (χ1v) is 5.84. The molecule has 0 aliphatic carbocycles. The zero-order chi connectivity index (χ0) is 14.6. The first-order chi connectivity index (χ1) is 8.75. The van der Waals surface area contributed by atoms with Crippen molar-refractivity contribution in [2.75, 3.05) is 6.61 Å². The summed E-state index contributed by atoms with van der Waals surface area (Å²) < 4.78 is 37.5. The van der Waals surface area contributed by atoms with E-state index in [9.17, 15) is 18.0 Å². The molecule has 19 heavy (non-hydrogen) atoms. The van der Waals surface area contributed by atoms with E-state index < -0.39 is 23.7 Å². The van der Waals surface area contributed by atoms with E-state index in [1.54, 1.807) is 13.8 Å². The molecule has 0 radical (unpaired) electrons. The lowest BCUT2D eigenvalue weighted by Gasteiger charge is -2.20.